The minimum Gasteiger partial charge on any atom is -0.508 e. The van der Waals surface area contributed by atoms with E-state index in [-0.39, 0.29) is 33.8 Å². The number of fused-ring (bicyclic) bond motifs is 1. The first-order valence-electron chi connectivity index (χ1n) is 12.7. The van der Waals surface area contributed by atoms with E-state index in [1.807, 2.05) is 0 Å². The van der Waals surface area contributed by atoms with Gasteiger partial charge in [0.25, 0.3) is 0 Å². The highest BCUT2D eigenvalue weighted by molar-refractivity contribution is 5.88. The molecule has 14 nitrogen and oxygen atoms in total. The molecule has 2 aliphatic rings. The molecule has 2 aliphatic heterocycles. The van der Waals surface area contributed by atoms with Crippen molar-refractivity contribution in [3.8, 4) is 34.3 Å². The van der Waals surface area contributed by atoms with Gasteiger partial charge in [-0.15, -0.1) is 0 Å². The molecule has 0 amide bonds. The monoisotopic (exact) mass is 578 g/mol. The molecule has 3 heterocycles. The molecule has 0 radical (unpaired) electrons. The van der Waals surface area contributed by atoms with E-state index in [0.29, 0.717) is 0 Å². The Balaban J connectivity index is 1.58. The summed E-state index contributed by atoms with van der Waals surface area (Å²) in [5.74, 6) is -1.55. The average molecular weight is 579 g/mol. The van der Waals surface area contributed by atoms with Crippen LogP contribution in [0.4, 0.5) is 0 Å². The van der Waals surface area contributed by atoms with Crippen LogP contribution < -0.4 is 14.9 Å². The summed E-state index contributed by atoms with van der Waals surface area (Å²) in [6.45, 7) is 2.90. The first-order chi connectivity index (χ1) is 19.4. The summed E-state index contributed by atoms with van der Waals surface area (Å²) in [6, 6.07) is 7.71. The maximum absolute atomic E-state index is 13.7. The molecule has 0 unspecified atom stereocenters. The van der Waals surface area contributed by atoms with Crippen molar-refractivity contribution in [2.45, 2.75) is 75.3 Å². The SMILES string of the molecule is C[C@H]1O[C@@H](Oc2cc(O)c3c(=O)c(O[C@@H]4O[C@H](C)[C@H](O)[C@H](O)[C@H]4O)c(-c4ccc(O)cc4)oc3c2)[C@H](O)[C@@H](O)[C@H]1O. The third-order valence-corrected chi connectivity index (χ3v) is 7.14. The molecule has 222 valence electrons. The second kappa shape index (κ2) is 11.1. The molecular weight excluding hydrogens is 548 g/mol. The summed E-state index contributed by atoms with van der Waals surface area (Å²) < 4.78 is 28.2. The number of hydrogen-bond acceptors (Lipinski definition) is 14. The van der Waals surface area contributed by atoms with Gasteiger partial charge in [0.2, 0.25) is 23.8 Å². The Bertz CT molecular complexity index is 1460. The summed E-state index contributed by atoms with van der Waals surface area (Å²) in [7, 11) is 0. The van der Waals surface area contributed by atoms with Crippen molar-refractivity contribution >= 4 is 11.0 Å². The van der Waals surface area contributed by atoms with Crippen molar-refractivity contribution in [2.24, 2.45) is 0 Å². The van der Waals surface area contributed by atoms with Gasteiger partial charge in [0.05, 0.1) is 12.2 Å². The number of rotatable bonds is 5. The van der Waals surface area contributed by atoms with Gasteiger partial charge in [-0.25, -0.2) is 0 Å². The minimum absolute atomic E-state index is 0.0859. The molecule has 14 heteroatoms. The van der Waals surface area contributed by atoms with E-state index in [1.54, 1.807) is 0 Å². The van der Waals surface area contributed by atoms with Crippen molar-refractivity contribution in [2.75, 3.05) is 0 Å². The van der Waals surface area contributed by atoms with Gasteiger partial charge in [0.1, 0.15) is 64.8 Å². The Hall–Kier alpha value is -3.47. The molecule has 0 bridgehead atoms. The standard InChI is InChI=1S/C27H30O14/c1-9-17(30)20(33)22(35)26(37-9)39-13-7-14(29)16-15(8-13)40-24(11-3-5-12(28)6-4-11)25(19(16)32)41-27-23(36)21(34)18(31)10(2)38-27/h3-10,17-18,20-23,26-31,33-36H,1-2H3/t9-,10-,17+,18+,20+,21+,22-,23-,26+,27+/m1/s1. The molecule has 2 saturated heterocycles. The number of aromatic hydroxyl groups is 2. The van der Waals surface area contributed by atoms with Gasteiger partial charge in [-0.2, -0.15) is 0 Å². The van der Waals surface area contributed by atoms with Crippen molar-refractivity contribution in [1.29, 1.82) is 0 Å². The molecule has 1 aromatic heterocycles. The Labute approximate surface area is 231 Å². The molecule has 2 aromatic carbocycles. The zero-order chi connectivity index (χ0) is 29.7. The van der Waals surface area contributed by atoms with Crippen molar-refractivity contribution < 1.29 is 64.2 Å². The van der Waals surface area contributed by atoms with Gasteiger partial charge in [-0.3, -0.25) is 4.79 Å². The topological polar surface area (TPSA) is 229 Å². The Morgan fingerprint density at radius 2 is 1.24 bits per heavy atom. The maximum atomic E-state index is 13.7. The molecule has 41 heavy (non-hydrogen) atoms. The summed E-state index contributed by atoms with van der Waals surface area (Å²) in [5, 5.41) is 81.1. The van der Waals surface area contributed by atoms with Gasteiger partial charge >= 0.3 is 0 Å². The van der Waals surface area contributed by atoms with E-state index in [4.69, 9.17) is 23.4 Å². The normalized spacial score (nSPS) is 34.0. The second-order valence-electron chi connectivity index (χ2n) is 10.1. The molecule has 8 N–H and O–H groups in total. The van der Waals surface area contributed by atoms with Crippen LogP contribution in [0.2, 0.25) is 0 Å². The van der Waals surface area contributed by atoms with E-state index >= 15 is 0 Å². The van der Waals surface area contributed by atoms with Crippen LogP contribution in [0.5, 0.6) is 23.0 Å². The highest BCUT2D eigenvalue weighted by Gasteiger charge is 2.45. The van der Waals surface area contributed by atoms with Gasteiger partial charge < -0.3 is 64.2 Å². The smallest absolute Gasteiger partial charge is 0.239 e. The lowest BCUT2D eigenvalue weighted by Crippen LogP contribution is -2.58. The van der Waals surface area contributed by atoms with Gasteiger partial charge in [-0.05, 0) is 38.1 Å². The fourth-order valence-electron chi connectivity index (χ4n) is 4.71. The first-order valence-corrected chi connectivity index (χ1v) is 12.7. The quantitative estimate of drug-likeness (QED) is 0.187. The lowest BCUT2D eigenvalue weighted by atomic mass is 10.00. The van der Waals surface area contributed by atoms with Gasteiger partial charge in [0.15, 0.2) is 5.76 Å². The zero-order valence-electron chi connectivity index (χ0n) is 21.8. The highest BCUT2D eigenvalue weighted by Crippen LogP contribution is 2.38. The average Bonchev–Trinajstić information content (AvgIpc) is 2.93. The van der Waals surface area contributed by atoms with E-state index in [9.17, 15) is 45.6 Å². The number of benzene rings is 2. The number of ether oxygens (including phenoxy) is 4. The van der Waals surface area contributed by atoms with E-state index in [2.05, 4.69) is 0 Å². The van der Waals surface area contributed by atoms with Gasteiger partial charge in [0, 0.05) is 17.7 Å². The molecule has 5 rings (SSSR count). The van der Waals surface area contributed by atoms with E-state index in [1.165, 1.54) is 44.2 Å². The second-order valence-corrected chi connectivity index (χ2v) is 10.1. The third-order valence-electron chi connectivity index (χ3n) is 7.14. The Kier molecular flexibility index (Phi) is 7.84. The predicted octanol–water partition coefficient (Wildman–Crippen LogP) is -0.716. The number of phenolic OH excluding ortho intramolecular Hbond substituents is 2. The summed E-state index contributed by atoms with van der Waals surface area (Å²) in [4.78, 5) is 13.7. The lowest BCUT2D eigenvalue weighted by molar-refractivity contribution is -0.268. The largest absolute Gasteiger partial charge is 0.508 e. The van der Waals surface area contributed by atoms with Crippen LogP contribution in [0.1, 0.15) is 13.8 Å². The number of hydrogen-bond donors (Lipinski definition) is 8. The third kappa shape index (κ3) is 5.31. The van der Waals surface area contributed by atoms with Crippen LogP contribution >= 0.6 is 0 Å². The van der Waals surface area contributed by atoms with Crippen molar-refractivity contribution in [3.05, 3.63) is 46.6 Å². The lowest BCUT2D eigenvalue weighted by Gasteiger charge is -2.39. The summed E-state index contributed by atoms with van der Waals surface area (Å²) >= 11 is 0. The first kappa shape index (κ1) is 29.0. The Morgan fingerprint density at radius 3 is 1.80 bits per heavy atom. The van der Waals surface area contributed by atoms with Crippen LogP contribution in [0.15, 0.2) is 45.6 Å². The molecule has 0 spiro atoms. The molecule has 0 saturated carbocycles. The molecule has 3 aromatic rings. The predicted molar refractivity (Wildman–Crippen MR) is 137 cm³/mol. The number of aliphatic hydroxyl groups is 6. The minimum atomic E-state index is -1.76. The van der Waals surface area contributed by atoms with Crippen LogP contribution in [0.25, 0.3) is 22.3 Å². The molecule has 2 fully saturated rings. The van der Waals surface area contributed by atoms with Crippen molar-refractivity contribution in [3.63, 3.8) is 0 Å². The van der Waals surface area contributed by atoms with E-state index in [0.717, 1.165) is 6.07 Å². The molecule has 10 atom stereocenters. The summed E-state index contributed by atoms with van der Waals surface area (Å²) in [5.41, 5.74) is -0.865. The molecular formula is C27H30O14. The van der Waals surface area contributed by atoms with E-state index < -0.39 is 78.3 Å². The fourth-order valence-corrected chi connectivity index (χ4v) is 4.71. The Morgan fingerprint density at radius 1 is 0.707 bits per heavy atom. The van der Waals surface area contributed by atoms with Crippen LogP contribution in [-0.4, -0.2) is 102 Å². The highest BCUT2D eigenvalue weighted by atomic mass is 16.7. The van der Waals surface area contributed by atoms with Crippen LogP contribution in [0, 0.1) is 0 Å². The van der Waals surface area contributed by atoms with Crippen molar-refractivity contribution in [1.82, 2.24) is 0 Å². The molecule has 0 aliphatic carbocycles. The fraction of sp³-hybridized carbons (Fsp3) is 0.444. The van der Waals surface area contributed by atoms with Crippen LogP contribution in [-0.2, 0) is 9.47 Å². The zero-order valence-corrected chi connectivity index (χ0v) is 21.8. The van der Waals surface area contributed by atoms with Gasteiger partial charge in [-0.1, -0.05) is 0 Å². The maximum Gasteiger partial charge on any atom is 0.239 e. The number of aliphatic hydroxyl groups excluding tert-OH is 6. The van der Waals surface area contributed by atoms with Crippen LogP contribution in [0.3, 0.4) is 0 Å². The number of phenols is 2. The summed E-state index contributed by atoms with van der Waals surface area (Å²) in [6.07, 6.45) is -14.3.